The number of benzene rings is 2. The zero-order valence-electron chi connectivity index (χ0n) is 9.75. The van der Waals surface area contributed by atoms with Gasteiger partial charge in [0.05, 0.1) is 10.2 Å². The standard InChI is InChI=1S/C15H13BrN2/c16-13(11-17-14-7-3-1-4-8-14)12-18-15-9-5-2-6-10-15/h1-12,17H/b13-11+,18-12?. The molecule has 0 spiro atoms. The quantitative estimate of drug-likeness (QED) is 0.811. The van der Waals surface area contributed by atoms with Crippen molar-refractivity contribution in [1.82, 2.24) is 0 Å². The topological polar surface area (TPSA) is 24.4 Å². The van der Waals surface area contributed by atoms with E-state index in [1.165, 1.54) is 0 Å². The first-order valence-electron chi connectivity index (χ1n) is 5.61. The number of anilines is 1. The molecule has 1 N–H and O–H groups in total. The normalized spacial score (nSPS) is 11.7. The monoisotopic (exact) mass is 300 g/mol. The fraction of sp³-hybridized carbons (Fsp3) is 0. The van der Waals surface area contributed by atoms with Crippen LogP contribution in [-0.2, 0) is 0 Å². The van der Waals surface area contributed by atoms with Gasteiger partial charge in [-0.15, -0.1) is 0 Å². The van der Waals surface area contributed by atoms with Gasteiger partial charge in [-0.1, -0.05) is 36.4 Å². The van der Waals surface area contributed by atoms with E-state index in [1.807, 2.05) is 66.9 Å². The highest BCUT2D eigenvalue weighted by Gasteiger charge is 1.89. The molecule has 3 heteroatoms. The van der Waals surface area contributed by atoms with Gasteiger partial charge in [-0.2, -0.15) is 0 Å². The number of allylic oxidation sites excluding steroid dienone is 1. The van der Waals surface area contributed by atoms with E-state index in [9.17, 15) is 0 Å². The molecule has 0 fully saturated rings. The predicted molar refractivity (Wildman–Crippen MR) is 81.7 cm³/mol. The molecule has 0 atom stereocenters. The summed E-state index contributed by atoms with van der Waals surface area (Å²) in [5, 5.41) is 3.18. The van der Waals surface area contributed by atoms with Crippen LogP contribution in [0.5, 0.6) is 0 Å². The lowest BCUT2D eigenvalue weighted by atomic mass is 10.3. The Kier molecular flexibility index (Phi) is 4.73. The zero-order valence-corrected chi connectivity index (χ0v) is 11.3. The summed E-state index contributed by atoms with van der Waals surface area (Å²) in [6.07, 6.45) is 3.63. The molecule has 0 aliphatic rings. The maximum absolute atomic E-state index is 4.34. The lowest BCUT2D eigenvalue weighted by Crippen LogP contribution is -1.88. The minimum Gasteiger partial charge on any atom is -0.361 e. The lowest BCUT2D eigenvalue weighted by Gasteiger charge is -1.99. The molecule has 0 aliphatic heterocycles. The molecule has 0 amide bonds. The van der Waals surface area contributed by atoms with Gasteiger partial charge in [-0.3, -0.25) is 4.99 Å². The summed E-state index contributed by atoms with van der Waals surface area (Å²) >= 11 is 3.44. The van der Waals surface area contributed by atoms with Gasteiger partial charge in [0.15, 0.2) is 0 Å². The summed E-state index contributed by atoms with van der Waals surface area (Å²) in [4.78, 5) is 4.34. The molecule has 2 aromatic carbocycles. The van der Waals surface area contributed by atoms with E-state index in [0.717, 1.165) is 15.9 Å². The van der Waals surface area contributed by atoms with E-state index in [-0.39, 0.29) is 0 Å². The minimum atomic E-state index is 0.884. The number of nitrogens with zero attached hydrogens (tertiary/aromatic N) is 1. The first-order chi connectivity index (χ1) is 8.84. The smallest absolute Gasteiger partial charge is 0.0630 e. The molecule has 0 unspecified atom stereocenters. The zero-order chi connectivity index (χ0) is 12.6. The molecule has 0 bridgehead atoms. The fourth-order valence-corrected chi connectivity index (χ4v) is 1.59. The van der Waals surface area contributed by atoms with Crippen molar-refractivity contribution in [3.8, 4) is 0 Å². The molecule has 90 valence electrons. The van der Waals surface area contributed by atoms with Crippen molar-refractivity contribution in [2.45, 2.75) is 0 Å². The molecule has 2 nitrogen and oxygen atoms in total. The Hall–Kier alpha value is -1.87. The Labute approximate surface area is 115 Å². The van der Waals surface area contributed by atoms with Gasteiger partial charge in [0.1, 0.15) is 0 Å². The van der Waals surface area contributed by atoms with E-state index in [2.05, 4.69) is 26.2 Å². The van der Waals surface area contributed by atoms with Crippen LogP contribution in [-0.4, -0.2) is 6.21 Å². The third-order valence-electron chi connectivity index (χ3n) is 2.24. The Morgan fingerprint density at radius 1 is 0.944 bits per heavy atom. The van der Waals surface area contributed by atoms with Crippen LogP contribution in [0.2, 0.25) is 0 Å². The first-order valence-corrected chi connectivity index (χ1v) is 6.40. The van der Waals surface area contributed by atoms with Crippen molar-refractivity contribution in [1.29, 1.82) is 0 Å². The molecule has 18 heavy (non-hydrogen) atoms. The number of nitrogens with one attached hydrogen (secondary N) is 1. The number of hydrogen-bond donors (Lipinski definition) is 1. The second-order valence-corrected chi connectivity index (χ2v) is 4.55. The Morgan fingerprint density at radius 3 is 2.22 bits per heavy atom. The second kappa shape index (κ2) is 6.77. The van der Waals surface area contributed by atoms with Gasteiger partial charge in [0, 0.05) is 18.1 Å². The molecule has 2 rings (SSSR count). The molecule has 0 saturated carbocycles. The van der Waals surface area contributed by atoms with Gasteiger partial charge < -0.3 is 5.32 Å². The third-order valence-corrected chi connectivity index (χ3v) is 2.68. The summed E-state index contributed by atoms with van der Waals surface area (Å²) in [5.41, 5.74) is 1.98. The molecular formula is C15H13BrN2. The van der Waals surface area contributed by atoms with Gasteiger partial charge in [0.25, 0.3) is 0 Å². The van der Waals surface area contributed by atoms with Gasteiger partial charge in [-0.25, -0.2) is 0 Å². The SMILES string of the molecule is Br/C(C=Nc1ccccc1)=C/Nc1ccccc1. The fourth-order valence-electron chi connectivity index (χ4n) is 1.37. The van der Waals surface area contributed by atoms with Crippen LogP contribution < -0.4 is 5.32 Å². The van der Waals surface area contributed by atoms with E-state index in [4.69, 9.17) is 0 Å². The number of hydrogen-bond acceptors (Lipinski definition) is 2. The lowest BCUT2D eigenvalue weighted by molar-refractivity contribution is 1.53. The summed E-state index contributed by atoms with van der Waals surface area (Å²) in [5.74, 6) is 0. The average Bonchev–Trinajstić information content (AvgIpc) is 2.45. The minimum absolute atomic E-state index is 0.884. The van der Waals surface area contributed by atoms with Gasteiger partial charge in [-0.05, 0) is 40.2 Å². The Balaban J connectivity index is 1.96. The number of para-hydroxylation sites is 2. The second-order valence-electron chi connectivity index (χ2n) is 3.63. The number of rotatable bonds is 4. The average molecular weight is 301 g/mol. The van der Waals surface area contributed by atoms with Crippen molar-refractivity contribution < 1.29 is 0 Å². The summed E-state index contributed by atoms with van der Waals surface area (Å²) < 4.78 is 0.884. The summed E-state index contributed by atoms with van der Waals surface area (Å²) in [6.45, 7) is 0. The maximum atomic E-state index is 4.34. The van der Waals surface area contributed by atoms with E-state index in [0.29, 0.717) is 0 Å². The van der Waals surface area contributed by atoms with Crippen LogP contribution in [0.25, 0.3) is 0 Å². The van der Waals surface area contributed by atoms with Crippen LogP contribution >= 0.6 is 15.9 Å². The van der Waals surface area contributed by atoms with Crippen LogP contribution in [0, 0.1) is 0 Å². The molecule has 2 aromatic rings. The third kappa shape index (κ3) is 4.18. The highest BCUT2D eigenvalue weighted by atomic mass is 79.9. The first kappa shape index (κ1) is 12.6. The van der Waals surface area contributed by atoms with Crippen LogP contribution in [0.3, 0.4) is 0 Å². The van der Waals surface area contributed by atoms with Crippen molar-refractivity contribution in [2.24, 2.45) is 4.99 Å². The molecule has 0 aromatic heterocycles. The molecule has 0 radical (unpaired) electrons. The molecule has 0 heterocycles. The summed E-state index contributed by atoms with van der Waals surface area (Å²) in [6, 6.07) is 19.8. The van der Waals surface area contributed by atoms with Gasteiger partial charge >= 0.3 is 0 Å². The van der Waals surface area contributed by atoms with Crippen LogP contribution in [0.15, 0.2) is 76.3 Å². The highest BCUT2D eigenvalue weighted by molar-refractivity contribution is 9.12. The van der Waals surface area contributed by atoms with Gasteiger partial charge in [0.2, 0.25) is 0 Å². The van der Waals surface area contributed by atoms with Crippen molar-refractivity contribution in [3.05, 3.63) is 71.3 Å². The van der Waals surface area contributed by atoms with E-state index < -0.39 is 0 Å². The summed E-state index contributed by atoms with van der Waals surface area (Å²) in [7, 11) is 0. The van der Waals surface area contributed by atoms with Crippen molar-refractivity contribution in [3.63, 3.8) is 0 Å². The maximum Gasteiger partial charge on any atom is 0.0630 e. The largest absolute Gasteiger partial charge is 0.361 e. The van der Waals surface area contributed by atoms with E-state index >= 15 is 0 Å². The highest BCUT2D eigenvalue weighted by Crippen LogP contribution is 2.12. The van der Waals surface area contributed by atoms with E-state index in [1.54, 1.807) is 6.21 Å². The molecule has 0 saturated heterocycles. The predicted octanol–water partition coefficient (Wildman–Crippen LogP) is 4.74. The molecular weight excluding hydrogens is 288 g/mol. The number of aliphatic imine (C=N–C) groups is 1. The molecule has 0 aliphatic carbocycles. The Morgan fingerprint density at radius 2 is 1.56 bits per heavy atom. The van der Waals surface area contributed by atoms with Crippen LogP contribution in [0.1, 0.15) is 0 Å². The van der Waals surface area contributed by atoms with Crippen molar-refractivity contribution in [2.75, 3.05) is 5.32 Å². The number of halogens is 1. The van der Waals surface area contributed by atoms with Crippen molar-refractivity contribution >= 4 is 33.5 Å². The van der Waals surface area contributed by atoms with Crippen LogP contribution in [0.4, 0.5) is 11.4 Å². The Bertz CT molecular complexity index is 533.